The van der Waals surface area contributed by atoms with Crippen LogP contribution in [-0.4, -0.2) is 29.7 Å². The van der Waals surface area contributed by atoms with Crippen LogP contribution in [0, 0.1) is 0 Å². The summed E-state index contributed by atoms with van der Waals surface area (Å²) in [6, 6.07) is 11.7. The SMILES string of the molecule is c1cnc(-n2cc(Nc3nc(-c4ccsc4)nc4ccccc34)cn2)nc1. The Morgan fingerprint density at radius 1 is 0.963 bits per heavy atom. The fourth-order valence-electron chi connectivity index (χ4n) is 2.74. The van der Waals surface area contributed by atoms with E-state index in [1.807, 2.05) is 47.3 Å². The summed E-state index contributed by atoms with van der Waals surface area (Å²) in [5.74, 6) is 1.93. The van der Waals surface area contributed by atoms with Crippen LogP contribution in [-0.2, 0) is 0 Å². The third kappa shape index (κ3) is 3.02. The summed E-state index contributed by atoms with van der Waals surface area (Å²) in [5, 5.41) is 12.7. The topological polar surface area (TPSA) is 81.4 Å². The number of nitrogens with one attached hydrogen (secondary N) is 1. The Balaban J connectivity index is 1.56. The molecule has 130 valence electrons. The lowest BCUT2D eigenvalue weighted by Crippen LogP contribution is -2.00. The van der Waals surface area contributed by atoms with Gasteiger partial charge in [0.25, 0.3) is 0 Å². The van der Waals surface area contributed by atoms with Crippen molar-refractivity contribution in [1.29, 1.82) is 0 Å². The van der Waals surface area contributed by atoms with Crippen LogP contribution >= 0.6 is 11.3 Å². The van der Waals surface area contributed by atoms with Gasteiger partial charge in [-0.2, -0.15) is 16.4 Å². The number of hydrogen-bond donors (Lipinski definition) is 1. The first kappa shape index (κ1) is 15.6. The molecule has 5 rings (SSSR count). The second-order valence-corrected chi connectivity index (χ2v) is 6.55. The Morgan fingerprint density at radius 2 is 1.85 bits per heavy atom. The number of benzene rings is 1. The van der Waals surface area contributed by atoms with Crippen LogP contribution in [0.25, 0.3) is 28.2 Å². The molecule has 5 aromatic rings. The molecule has 8 heteroatoms. The van der Waals surface area contributed by atoms with Crippen molar-refractivity contribution in [2.45, 2.75) is 0 Å². The quantitative estimate of drug-likeness (QED) is 0.513. The number of anilines is 2. The Morgan fingerprint density at radius 3 is 2.70 bits per heavy atom. The highest BCUT2D eigenvalue weighted by Gasteiger charge is 2.11. The van der Waals surface area contributed by atoms with E-state index in [0.717, 1.165) is 28.0 Å². The van der Waals surface area contributed by atoms with Gasteiger partial charge in [-0.05, 0) is 29.6 Å². The molecule has 0 saturated carbocycles. The van der Waals surface area contributed by atoms with Crippen LogP contribution in [0.4, 0.5) is 11.5 Å². The van der Waals surface area contributed by atoms with Crippen molar-refractivity contribution < 1.29 is 0 Å². The highest BCUT2D eigenvalue weighted by Crippen LogP contribution is 2.28. The fourth-order valence-corrected chi connectivity index (χ4v) is 3.37. The van der Waals surface area contributed by atoms with Gasteiger partial charge >= 0.3 is 0 Å². The van der Waals surface area contributed by atoms with Gasteiger partial charge in [0.1, 0.15) is 5.82 Å². The van der Waals surface area contributed by atoms with Crippen LogP contribution in [0.5, 0.6) is 0 Å². The number of nitrogens with zero attached hydrogens (tertiary/aromatic N) is 6. The highest BCUT2D eigenvalue weighted by atomic mass is 32.1. The number of para-hydroxylation sites is 1. The summed E-state index contributed by atoms with van der Waals surface area (Å²) < 4.78 is 1.62. The molecule has 4 aromatic heterocycles. The van der Waals surface area contributed by atoms with E-state index in [0.29, 0.717) is 11.8 Å². The smallest absolute Gasteiger partial charge is 0.250 e. The fraction of sp³-hybridized carbons (Fsp3) is 0. The van der Waals surface area contributed by atoms with Crippen LogP contribution in [0.3, 0.4) is 0 Å². The maximum absolute atomic E-state index is 4.74. The van der Waals surface area contributed by atoms with E-state index in [4.69, 9.17) is 4.98 Å². The zero-order chi connectivity index (χ0) is 18.1. The van der Waals surface area contributed by atoms with E-state index in [-0.39, 0.29) is 0 Å². The van der Waals surface area contributed by atoms with Gasteiger partial charge in [-0.25, -0.2) is 24.6 Å². The Bertz CT molecular complexity index is 1200. The van der Waals surface area contributed by atoms with Gasteiger partial charge in [0, 0.05) is 28.7 Å². The van der Waals surface area contributed by atoms with Crippen molar-refractivity contribution in [1.82, 2.24) is 29.7 Å². The van der Waals surface area contributed by atoms with Gasteiger partial charge in [0.05, 0.1) is 23.6 Å². The van der Waals surface area contributed by atoms with Crippen molar-refractivity contribution in [2.75, 3.05) is 5.32 Å². The monoisotopic (exact) mass is 371 g/mol. The molecule has 0 bridgehead atoms. The molecule has 0 aliphatic rings. The molecule has 0 saturated heterocycles. The number of fused-ring (bicyclic) bond motifs is 1. The van der Waals surface area contributed by atoms with Crippen LogP contribution in [0.1, 0.15) is 0 Å². The van der Waals surface area contributed by atoms with Crippen molar-refractivity contribution in [3.63, 3.8) is 0 Å². The van der Waals surface area contributed by atoms with Crippen molar-refractivity contribution in [2.24, 2.45) is 0 Å². The summed E-state index contributed by atoms with van der Waals surface area (Å²) in [5.41, 5.74) is 2.68. The summed E-state index contributed by atoms with van der Waals surface area (Å²) >= 11 is 1.62. The van der Waals surface area contributed by atoms with Crippen LogP contribution < -0.4 is 5.32 Å². The molecule has 1 aromatic carbocycles. The van der Waals surface area contributed by atoms with Gasteiger partial charge in [-0.15, -0.1) is 0 Å². The third-order valence-electron chi connectivity index (χ3n) is 3.98. The second kappa shape index (κ2) is 6.58. The first-order valence-electron chi connectivity index (χ1n) is 8.25. The Kier molecular flexibility index (Phi) is 3.80. The second-order valence-electron chi connectivity index (χ2n) is 5.77. The lowest BCUT2D eigenvalue weighted by Gasteiger charge is -2.09. The summed E-state index contributed by atoms with van der Waals surface area (Å²) in [6.07, 6.45) is 6.92. The van der Waals surface area contributed by atoms with Crippen molar-refractivity contribution in [3.05, 3.63) is 71.9 Å². The molecule has 0 aliphatic carbocycles. The number of aromatic nitrogens is 6. The average molecular weight is 371 g/mol. The highest BCUT2D eigenvalue weighted by molar-refractivity contribution is 7.08. The molecule has 0 atom stereocenters. The van der Waals surface area contributed by atoms with Gasteiger partial charge < -0.3 is 5.32 Å². The average Bonchev–Trinajstić information content (AvgIpc) is 3.41. The molecule has 27 heavy (non-hydrogen) atoms. The number of hydrogen-bond acceptors (Lipinski definition) is 7. The largest absolute Gasteiger partial charge is 0.337 e. The number of rotatable bonds is 4. The van der Waals surface area contributed by atoms with Crippen molar-refractivity contribution >= 4 is 33.7 Å². The van der Waals surface area contributed by atoms with Crippen LogP contribution in [0.15, 0.2) is 71.9 Å². The molecule has 0 spiro atoms. The molecule has 0 unspecified atom stereocenters. The van der Waals surface area contributed by atoms with Gasteiger partial charge in [0.2, 0.25) is 5.95 Å². The molecule has 0 aliphatic heterocycles. The van der Waals surface area contributed by atoms with Crippen LogP contribution in [0.2, 0.25) is 0 Å². The van der Waals surface area contributed by atoms with E-state index >= 15 is 0 Å². The van der Waals surface area contributed by atoms with E-state index < -0.39 is 0 Å². The Labute approximate surface area is 158 Å². The lowest BCUT2D eigenvalue weighted by atomic mass is 10.2. The zero-order valence-corrected chi connectivity index (χ0v) is 14.8. The van der Waals surface area contributed by atoms with Gasteiger partial charge in [0.15, 0.2) is 5.82 Å². The first-order valence-corrected chi connectivity index (χ1v) is 9.19. The standard InChI is InChI=1S/C19H13N7S/c1-2-5-16-15(4-1)18(25-17(24-16)13-6-9-27-12-13)23-14-10-22-26(11-14)19-20-7-3-8-21-19/h1-12H,(H,23,24,25). The third-order valence-corrected chi connectivity index (χ3v) is 4.67. The zero-order valence-electron chi connectivity index (χ0n) is 14.0. The predicted molar refractivity (Wildman–Crippen MR) is 105 cm³/mol. The molecule has 4 heterocycles. The predicted octanol–water partition coefficient (Wildman–Crippen LogP) is 4.08. The lowest BCUT2D eigenvalue weighted by molar-refractivity contribution is 0.808. The minimum Gasteiger partial charge on any atom is -0.337 e. The summed E-state index contributed by atoms with van der Waals surface area (Å²) in [6.45, 7) is 0. The molecule has 7 nitrogen and oxygen atoms in total. The molecular formula is C19H13N7S. The summed E-state index contributed by atoms with van der Waals surface area (Å²) in [4.78, 5) is 17.8. The number of thiophene rings is 1. The van der Waals surface area contributed by atoms with E-state index in [1.54, 1.807) is 40.7 Å². The summed E-state index contributed by atoms with van der Waals surface area (Å²) in [7, 11) is 0. The Hall–Kier alpha value is -3.65. The normalized spacial score (nSPS) is 11.0. The minimum atomic E-state index is 0.511. The van der Waals surface area contributed by atoms with Gasteiger partial charge in [-0.3, -0.25) is 0 Å². The van der Waals surface area contributed by atoms with E-state index in [2.05, 4.69) is 25.4 Å². The van der Waals surface area contributed by atoms with Gasteiger partial charge in [-0.1, -0.05) is 12.1 Å². The molecule has 0 radical (unpaired) electrons. The first-order chi connectivity index (χ1) is 13.4. The maximum atomic E-state index is 4.74. The van der Waals surface area contributed by atoms with E-state index in [9.17, 15) is 0 Å². The maximum Gasteiger partial charge on any atom is 0.250 e. The molecule has 1 N–H and O–H groups in total. The molecule has 0 fully saturated rings. The molecular weight excluding hydrogens is 358 g/mol. The van der Waals surface area contributed by atoms with E-state index in [1.165, 1.54) is 0 Å². The minimum absolute atomic E-state index is 0.511. The van der Waals surface area contributed by atoms with Crippen molar-refractivity contribution in [3.8, 4) is 17.3 Å². The molecule has 0 amide bonds.